The van der Waals surface area contributed by atoms with E-state index in [1.165, 1.54) is 25.7 Å². The molecule has 2 fully saturated rings. The van der Waals surface area contributed by atoms with Crippen LogP contribution >= 0.6 is 0 Å². The largest absolute Gasteiger partial charge is 0.378 e. The highest BCUT2D eigenvalue weighted by Gasteiger charge is 2.31. The van der Waals surface area contributed by atoms with Crippen LogP contribution in [0, 0.1) is 5.92 Å². The first kappa shape index (κ1) is 7.56. The zero-order valence-electron chi connectivity index (χ0n) is 6.96. The lowest BCUT2D eigenvalue weighted by atomic mass is 10.0. The van der Waals surface area contributed by atoms with Crippen LogP contribution in [0.5, 0.6) is 0 Å². The van der Waals surface area contributed by atoms with Crippen LogP contribution in [0.3, 0.4) is 0 Å². The van der Waals surface area contributed by atoms with Crippen molar-refractivity contribution in [2.75, 3.05) is 6.61 Å². The fraction of sp³-hybridized carbons (Fsp3) is 1.00. The molecular formula is C9H17NO. The monoisotopic (exact) mass is 155 g/mol. The standard InChI is InChI=1S/C9H17NO/c10-9(7-3-4-7)6-8-2-1-5-11-8/h7-9H,1-6,10H2. The molecule has 2 heteroatoms. The van der Waals surface area contributed by atoms with Crippen LogP contribution < -0.4 is 5.73 Å². The normalized spacial score (nSPS) is 34.1. The molecule has 1 aliphatic heterocycles. The molecule has 2 rings (SSSR count). The smallest absolute Gasteiger partial charge is 0.0590 e. The summed E-state index contributed by atoms with van der Waals surface area (Å²) in [6.07, 6.45) is 6.78. The van der Waals surface area contributed by atoms with Gasteiger partial charge in [-0.2, -0.15) is 0 Å². The van der Waals surface area contributed by atoms with Crippen molar-refractivity contribution in [3.05, 3.63) is 0 Å². The summed E-state index contributed by atoms with van der Waals surface area (Å²) >= 11 is 0. The molecule has 2 aliphatic rings. The molecule has 0 aromatic heterocycles. The minimum Gasteiger partial charge on any atom is -0.378 e. The van der Waals surface area contributed by atoms with Crippen LogP contribution in [0.25, 0.3) is 0 Å². The second-order valence-corrected chi connectivity index (χ2v) is 3.87. The van der Waals surface area contributed by atoms with Crippen LogP contribution in [0.2, 0.25) is 0 Å². The van der Waals surface area contributed by atoms with Gasteiger partial charge >= 0.3 is 0 Å². The fourth-order valence-corrected chi connectivity index (χ4v) is 1.85. The molecule has 0 radical (unpaired) electrons. The van der Waals surface area contributed by atoms with E-state index >= 15 is 0 Å². The van der Waals surface area contributed by atoms with E-state index in [2.05, 4.69) is 0 Å². The average Bonchev–Trinajstić information content (AvgIpc) is 2.73. The van der Waals surface area contributed by atoms with E-state index in [1.807, 2.05) is 0 Å². The van der Waals surface area contributed by atoms with Crippen LogP contribution in [-0.2, 0) is 4.74 Å². The topological polar surface area (TPSA) is 35.2 Å². The van der Waals surface area contributed by atoms with Gasteiger partial charge in [-0.1, -0.05) is 0 Å². The molecule has 0 spiro atoms. The Morgan fingerprint density at radius 3 is 2.73 bits per heavy atom. The molecule has 1 heterocycles. The van der Waals surface area contributed by atoms with Crippen molar-refractivity contribution in [2.24, 2.45) is 11.7 Å². The third-order valence-electron chi connectivity index (χ3n) is 2.79. The van der Waals surface area contributed by atoms with Crippen molar-refractivity contribution < 1.29 is 4.74 Å². The van der Waals surface area contributed by atoms with E-state index in [0.29, 0.717) is 12.1 Å². The summed E-state index contributed by atoms with van der Waals surface area (Å²) in [7, 11) is 0. The summed E-state index contributed by atoms with van der Waals surface area (Å²) in [5, 5.41) is 0. The maximum Gasteiger partial charge on any atom is 0.0590 e. The zero-order chi connectivity index (χ0) is 7.68. The Balaban J connectivity index is 1.70. The quantitative estimate of drug-likeness (QED) is 0.666. The van der Waals surface area contributed by atoms with E-state index < -0.39 is 0 Å². The summed E-state index contributed by atoms with van der Waals surface area (Å²) in [5.74, 6) is 0.833. The van der Waals surface area contributed by atoms with Gasteiger partial charge in [0, 0.05) is 12.6 Å². The number of hydrogen-bond donors (Lipinski definition) is 1. The lowest BCUT2D eigenvalue weighted by Crippen LogP contribution is -2.27. The van der Waals surface area contributed by atoms with Gasteiger partial charge in [0.1, 0.15) is 0 Å². The number of hydrogen-bond acceptors (Lipinski definition) is 2. The molecule has 1 aliphatic carbocycles. The van der Waals surface area contributed by atoms with Crippen molar-refractivity contribution in [1.82, 2.24) is 0 Å². The van der Waals surface area contributed by atoms with Gasteiger partial charge in [-0.05, 0) is 38.0 Å². The third kappa shape index (κ3) is 1.94. The molecule has 0 bridgehead atoms. The van der Waals surface area contributed by atoms with Gasteiger partial charge in [0.2, 0.25) is 0 Å². The van der Waals surface area contributed by atoms with Crippen molar-refractivity contribution >= 4 is 0 Å². The van der Waals surface area contributed by atoms with Crippen LogP contribution in [0.4, 0.5) is 0 Å². The van der Waals surface area contributed by atoms with E-state index in [0.717, 1.165) is 18.9 Å². The minimum absolute atomic E-state index is 0.429. The maximum atomic E-state index is 5.98. The van der Waals surface area contributed by atoms with Gasteiger partial charge in [-0.15, -0.1) is 0 Å². The molecular weight excluding hydrogens is 138 g/mol. The molecule has 11 heavy (non-hydrogen) atoms. The summed E-state index contributed by atoms with van der Waals surface area (Å²) in [5.41, 5.74) is 5.98. The first-order valence-electron chi connectivity index (χ1n) is 4.73. The molecule has 2 atom stereocenters. The second kappa shape index (κ2) is 3.11. The molecule has 0 amide bonds. The molecule has 2 unspecified atom stereocenters. The molecule has 2 nitrogen and oxygen atoms in total. The van der Waals surface area contributed by atoms with Crippen molar-refractivity contribution in [1.29, 1.82) is 0 Å². The average molecular weight is 155 g/mol. The van der Waals surface area contributed by atoms with E-state index in [4.69, 9.17) is 10.5 Å². The summed E-state index contributed by atoms with van der Waals surface area (Å²) in [4.78, 5) is 0. The number of nitrogens with two attached hydrogens (primary N) is 1. The van der Waals surface area contributed by atoms with Crippen molar-refractivity contribution in [3.63, 3.8) is 0 Å². The van der Waals surface area contributed by atoms with E-state index in [9.17, 15) is 0 Å². The van der Waals surface area contributed by atoms with Gasteiger partial charge in [0.15, 0.2) is 0 Å². The molecule has 2 N–H and O–H groups in total. The zero-order valence-corrected chi connectivity index (χ0v) is 6.96. The highest BCUT2D eigenvalue weighted by molar-refractivity contribution is 4.86. The SMILES string of the molecule is NC(CC1CCCO1)C1CC1. The number of ether oxygens (including phenoxy) is 1. The Hall–Kier alpha value is -0.0800. The fourth-order valence-electron chi connectivity index (χ4n) is 1.85. The first-order valence-corrected chi connectivity index (χ1v) is 4.73. The lowest BCUT2D eigenvalue weighted by Gasteiger charge is -2.14. The Kier molecular flexibility index (Phi) is 2.14. The highest BCUT2D eigenvalue weighted by Crippen LogP contribution is 2.34. The Bertz CT molecular complexity index is 128. The Labute approximate surface area is 68.1 Å². The highest BCUT2D eigenvalue weighted by atomic mass is 16.5. The van der Waals surface area contributed by atoms with Crippen LogP contribution in [-0.4, -0.2) is 18.8 Å². The predicted molar refractivity (Wildman–Crippen MR) is 44.3 cm³/mol. The van der Waals surface area contributed by atoms with Gasteiger partial charge < -0.3 is 10.5 Å². The van der Waals surface area contributed by atoms with Crippen LogP contribution in [0.1, 0.15) is 32.1 Å². The predicted octanol–water partition coefficient (Wildman–Crippen LogP) is 1.29. The maximum absolute atomic E-state index is 5.98. The third-order valence-corrected chi connectivity index (χ3v) is 2.79. The summed E-state index contributed by atoms with van der Waals surface area (Å²) in [6, 6.07) is 0.429. The van der Waals surface area contributed by atoms with E-state index in [1.54, 1.807) is 0 Å². The molecule has 1 saturated heterocycles. The summed E-state index contributed by atoms with van der Waals surface area (Å²) in [6.45, 7) is 0.960. The van der Waals surface area contributed by atoms with Crippen molar-refractivity contribution in [2.45, 2.75) is 44.2 Å². The van der Waals surface area contributed by atoms with Crippen molar-refractivity contribution in [3.8, 4) is 0 Å². The van der Waals surface area contributed by atoms with Gasteiger partial charge in [0.25, 0.3) is 0 Å². The number of rotatable bonds is 3. The Morgan fingerprint density at radius 1 is 1.36 bits per heavy atom. The molecule has 0 aromatic rings. The lowest BCUT2D eigenvalue weighted by molar-refractivity contribution is 0.0964. The van der Waals surface area contributed by atoms with Gasteiger partial charge in [-0.25, -0.2) is 0 Å². The second-order valence-electron chi connectivity index (χ2n) is 3.87. The van der Waals surface area contributed by atoms with Gasteiger partial charge in [0.05, 0.1) is 6.10 Å². The van der Waals surface area contributed by atoms with E-state index in [-0.39, 0.29) is 0 Å². The Morgan fingerprint density at radius 2 is 2.18 bits per heavy atom. The minimum atomic E-state index is 0.429. The molecule has 1 saturated carbocycles. The molecule has 0 aromatic carbocycles. The van der Waals surface area contributed by atoms with Crippen LogP contribution in [0.15, 0.2) is 0 Å². The first-order chi connectivity index (χ1) is 5.36. The molecule has 64 valence electrons. The summed E-state index contributed by atoms with van der Waals surface area (Å²) < 4.78 is 5.52. The van der Waals surface area contributed by atoms with Gasteiger partial charge in [-0.3, -0.25) is 0 Å².